The SMILES string of the molecule is CNCc1cc(F)c(N(C)CC2(O)CCCC2)c(F)c1. The number of nitrogens with one attached hydrogen (secondary N) is 1. The van der Waals surface area contributed by atoms with E-state index in [9.17, 15) is 13.9 Å². The highest BCUT2D eigenvalue weighted by molar-refractivity contribution is 5.50. The van der Waals surface area contributed by atoms with E-state index in [-0.39, 0.29) is 12.2 Å². The van der Waals surface area contributed by atoms with E-state index < -0.39 is 17.2 Å². The predicted molar refractivity (Wildman–Crippen MR) is 75.8 cm³/mol. The van der Waals surface area contributed by atoms with Crippen LogP contribution in [0.1, 0.15) is 31.2 Å². The van der Waals surface area contributed by atoms with E-state index >= 15 is 0 Å². The van der Waals surface area contributed by atoms with Gasteiger partial charge in [0.25, 0.3) is 0 Å². The Kier molecular flexibility index (Phi) is 4.60. The molecular formula is C15H22F2N2O. The minimum atomic E-state index is -0.822. The molecule has 1 saturated carbocycles. The topological polar surface area (TPSA) is 35.5 Å². The third kappa shape index (κ3) is 3.27. The lowest BCUT2D eigenvalue weighted by molar-refractivity contribution is 0.0557. The van der Waals surface area contributed by atoms with Crippen LogP contribution < -0.4 is 10.2 Å². The highest BCUT2D eigenvalue weighted by atomic mass is 19.1. The van der Waals surface area contributed by atoms with E-state index in [1.54, 1.807) is 14.1 Å². The first-order valence-corrected chi connectivity index (χ1v) is 7.01. The Labute approximate surface area is 118 Å². The van der Waals surface area contributed by atoms with Crippen LogP contribution in [0.2, 0.25) is 0 Å². The van der Waals surface area contributed by atoms with Crippen molar-refractivity contribution in [2.75, 3.05) is 25.5 Å². The Morgan fingerprint density at radius 3 is 2.30 bits per heavy atom. The molecule has 0 amide bonds. The fraction of sp³-hybridized carbons (Fsp3) is 0.600. The van der Waals surface area contributed by atoms with Crippen LogP contribution in [0.15, 0.2) is 12.1 Å². The zero-order valence-electron chi connectivity index (χ0n) is 12.0. The smallest absolute Gasteiger partial charge is 0.149 e. The third-order valence-corrected chi connectivity index (χ3v) is 3.91. The summed E-state index contributed by atoms with van der Waals surface area (Å²) in [4.78, 5) is 1.49. The van der Waals surface area contributed by atoms with Gasteiger partial charge in [-0.25, -0.2) is 8.78 Å². The average molecular weight is 284 g/mol. The summed E-state index contributed by atoms with van der Waals surface area (Å²) >= 11 is 0. The Morgan fingerprint density at radius 2 is 1.80 bits per heavy atom. The van der Waals surface area contributed by atoms with Gasteiger partial charge in [0.2, 0.25) is 0 Å². The van der Waals surface area contributed by atoms with Crippen LogP contribution in [-0.4, -0.2) is 31.3 Å². The Balaban J connectivity index is 2.19. The lowest BCUT2D eigenvalue weighted by Gasteiger charge is -2.30. The molecule has 0 unspecified atom stereocenters. The second-order valence-electron chi connectivity index (χ2n) is 5.73. The van der Waals surface area contributed by atoms with Gasteiger partial charge >= 0.3 is 0 Å². The third-order valence-electron chi connectivity index (χ3n) is 3.91. The quantitative estimate of drug-likeness (QED) is 0.871. The van der Waals surface area contributed by atoms with Crippen molar-refractivity contribution in [1.29, 1.82) is 0 Å². The maximum absolute atomic E-state index is 14.1. The van der Waals surface area contributed by atoms with Crippen LogP contribution >= 0.6 is 0 Å². The van der Waals surface area contributed by atoms with Gasteiger partial charge in [-0.3, -0.25) is 0 Å². The number of hydrogen-bond donors (Lipinski definition) is 2. The largest absolute Gasteiger partial charge is 0.388 e. The normalized spacial score (nSPS) is 17.4. The molecule has 1 aliphatic carbocycles. The van der Waals surface area contributed by atoms with Gasteiger partial charge < -0.3 is 15.3 Å². The van der Waals surface area contributed by atoms with Gasteiger partial charge in [0, 0.05) is 20.1 Å². The zero-order chi connectivity index (χ0) is 14.8. The van der Waals surface area contributed by atoms with Gasteiger partial charge in [-0.1, -0.05) is 12.8 Å². The van der Waals surface area contributed by atoms with E-state index in [0.29, 0.717) is 24.9 Å². The van der Waals surface area contributed by atoms with Gasteiger partial charge in [0.15, 0.2) is 0 Å². The standard InChI is InChI=1S/C15H22F2N2O/c1-18-9-11-7-12(16)14(13(17)8-11)19(2)10-15(20)5-3-4-6-15/h7-8,18,20H,3-6,9-10H2,1-2H3. The van der Waals surface area contributed by atoms with E-state index in [4.69, 9.17) is 0 Å². The molecule has 0 radical (unpaired) electrons. The average Bonchev–Trinajstić information content (AvgIpc) is 2.75. The number of rotatable bonds is 5. The number of nitrogens with zero attached hydrogens (tertiary/aromatic N) is 1. The van der Waals surface area contributed by atoms with Crippen molar-refractivity contribution >= 4 is 5.69 Å². The molecule has 1 aromatic carbocycles. The Bertz CT molecular complexity index is 450. The summed E-state index contributed by atoms with van der Waals surface area (Å²) in [6, 6.07) is 2.67. The molecule has 112 valence electrons. The summed E-state index contributed by atoms with van der Waals surface area (Å²) in [5.41, 5.74) is -0.318. The first kappa shape index (κ1) is 15.2. The maximum Gasteiger partial charge on any atom is 0.149 e. The summed E-state index contributed by atoms with van der Waals surface area (Å²) < 4.78 is 28.2. The molecule has 20 heavy (non-hydrogen) atoms. The summed E-state index contributed by atoms with van der Waals surface area (Å²) in [6.07, 6.45) is 3.32. The molecule has 0 aliphatic heterocycles. The van der Waals surface area contributed by atoms with Gasteiger partial charge in [-0.2, -0.15) is 0 Å². The van der Waals surface area contributed by atoms with E-state index in [2.05, 4.69) is 5.32 Å². The molecule has 1 fully saturated rings. The molecule has 2 rings (SSSR count). The summed E-state index contributed by atoms with van der Waals surface area (Å²) in [5, 5.41) is 13.2. The first-order valence-electron chi connectivity index (χ1n) is 7.01. The molecule has 2 N–H and O–H groups in total. The molecule has 1 aromatic rings. The molecule has 1 aliphatic rings. The Hall–Kier alpha value is -1.20. The molecule has 3 nitrogen and oxygen atoms in total. The lowest BCUT2D eigenvalue weighted by Crippen LogP contribution is -2.40. The second-order valence-corrected chi connectivity index (χ2v) is 5.73. The van der Waals surface area contributed by atoms with Crippen LogP contribution in [0.3, 0.4) is 0 Å². The van der Waals surface area contributed by atoms with Gasteiger partial charge in [0.1, 0.15) is 17.3 Å². The van der Waals surface area contributed by atoms with Crippen molar-refractivity contribution in [2.45, 2.75) is 37.8 Å². The summed E-state index contributed by atoms with van der Waals surface area (Å²) in [5.74, 6) is -1.17. The second kappa shape index (κ2) is 6.06. The highest BCUT2D eigenvalue weighted by Gasteiger charge is 2.33. The van der Waals surface area contributed by atoms with Crippen LogP contribution in [-0.2, 0) is 6.54 Å². The number of benzene rings is 1. The van der Waals surface area contributed by atoms with Crippen LogP contribution in [0.5, 0.6) is 0 Å². The van der Waals surface area contributed by atoms with E-state index in [0.717, 1.165) is 12.8 Å². The molecule has 0 atom stereocenters. The highest BCUT2D eigenvalue weighted by Crippen LogP contribution is 2.32. The van der Waals surface area contributed by atoms with Crippen molar-refractivity contribution < 1.29 is 13.9 Å². The van der Waals surface area contributed by atoms with E-state index in [1.807, 2.05) is 0 Å². The van der Waals surface area contributed by atoms with Crippen LogP contribution in [0.25, 0.3) is 0 Å². The number of anilines is 1. The first-order chi connectivity index (χ1) is 9.45. The molecule has 0 spiro atoms. The fourth-order valence-corrected chi connectivity index (χ4v) is 3.00. The number of likely N-dealkylation sites (N-methyl/N-ethyl adjacent to an activating group) is 1. The summed E-state index contributed by atoms with van der Waals surface area (Å²) in [6.45, 7) is 0.675. The van der Waals surface area contributed by atoms with E-state index in [1.165, 1.54) is 17.0 Å². The molecule has 0 saturated heterocycles. The lowest BCUT2D eigenvalue weighted by atomic mass is 10.0. The van der Waals surface area contributed by atoms with Gasteiger partial charge in [-0.05, 0) is 37.6 Å². The summed E-state index contributed by atoms with van der Waals surface area (Å²) in [7, 11) is 3.35. The maximum atomic E-state index is 14.1. The fourth-order valence-electron chi connectivity index (χ4n) is 3.00. The number of aliphatic hydroxyl groups is 1. The van der Waals surface area contributed by atoms with Crippen molar-refractivity contribution in [2.24, 2.45) is 0 Å². The Morgan fingerprint density at radius 1 is 1.25 bits per heavy atom. The van der Waals surface area contributed by atoms with Gasteiger partial charge in [-0.15, -0.1) is 0 Å². The zero-order valence-corrected chi connectivity index (χ0v) is 12.0. The predicted octanol–water partition coefficient (Wildman–Crippen LogP) is 2.43. The van der Waals surface area contributed by atoms with Crippen molar-refractivity contribution in [3.05, 3.63) is 29.3 Å². The van der Waals surface area contributed by atoms with Crippen LogP contribution in [0, 0.1) is 11.6 Å². The number of hydrogen-bond acceptors (Lipinski definition) is 3. The van der Waals surface area contributed by atoms with Crippen LogP contribution in [0.4, 0.5) is 14.5 Å². The molecule has 0 aromatic heterocycles. The minimum absolute atomic E-state index is 0.0646. The van der Waals surface area contributed by atoms with Crippen molar-refractivity contribution in [3.8, 4) is 0 Å². The monoisotopic (exact) mass is 284 g/mol. The number of halogens is 2. The molecule has 5 heteroatoms. The minimum Gasteiger partial charge on any atom is -0.388 e. The van der Waals surface area contributed by atoms with Gasteiger partial charge in [0.05, 0.1) is 5.60 Å². The molecule has 0 bridgehead atoms. The molecule has 0 heterocycles. The molecular weight excluding hydrogens is 262 g/mol. The van der Waals surface area contributed by atoms with Crippen molar-refractivity contribution in [1.82, 2.24) is 5.32 Å². The van der Waals surface area contributed by atoms with Crippen molar-refractivity contribution in [3.63, 3.8) is 0 Å².